The van der Waals surface area contributed by atoms with Gasteiger partial charge in [-0.3, -0.25) is 4.79 Å². The number of carbonyl (C=O) groups is 1. The highest BCUT2D eigenvalue weighted by Crippen LogP contribution is 2.32. The van der Waals surface area contributed by atoms with Crippen LogP contribution in [0.5, 0.6) is 0 Å². The third kappa shape index (κ3) is 5.78. The number of carboxylic acid groups (broad SMARTS) is 1. The Labute approximate surface area is 92.5 Å². The van der Waals surface area contributed by atoms with E-state index in [1.54, 1.807) is 0 Å². The van der Waals surface area contributed by atoms with Crippen LogP contribution in [0.4, 0.5) is 0 Å². The number of carboxylic acids is 1. The summed E-state index contributed by atoms with van der Waals surface area (Å²) in [5.41, 5.74) is -0.389. The Bertz CT molecular complexity index is 174. The van der Waals surface area contributed by atoms with E-state index >= 15 is 0 Å². The van der Waals surface area contributed by atoms with Gasteiger partial charge in [-0.1, -0.05) is 39.5 Å². The molecule has 0 heterocycles. The second-order valence-electron chi connectivity index (χ2n) is 4.39. The van der Waals surface area contributed by atoms with E-state index in [1.807, 2.05) is 6.92 Å². The molecule has 1 atom stereocenters. The summed E-state index contributed by atoms with van der Waals surface area (Å²) in [4.78, 5) is 10.7. The van der Waals surface area contributed by atoms with Gasteiger partial charge in [0.25, 0.3) is 0 Å². The molecule has 0 bridgehead atoms. The van der Waals surface area contributed by atoms with Crippen LogP contribution in [0.2, 0.25) is 0 Å². The molecule has 2 N–H and O–H groups in total. The molecule has 0 saturated heterocycles. The predicted molar refractivity (Wildman–Crippen MR) is 60.8 cm³/mol. The maximum atomic E-state index is 10.7. The van der Waals surface area contributed by atoms with Crippen LogP contribution in [0.25, 0.3) is 0 Å². The Morgan fingerprint density at radius 2 is 1.87 bits per heavy atom. The molecule has 0 rings (SSSR count). The van der Waals surface area contributed by atoms with Crippen molar-refractivity contribution in [2.75, 3.05) is 6.61 Å². The van der Waals surface area contributed by atoms with E-state index in [0.29, 0.717) is 0 Å². The standard InChI is InChI=1S/C12H24O3/c1-3-5-6-7-8-12(4-2,10-13)9-11(14)15/h13H,3-10H2,1-2H3,(H,14,15). The fourth-order valence-corrected chi connectivity index (χ4v) is 1.88. The number of hydrogen-bond acceptors (Lipinski definition) is 2. The van der Waals surface area contributed by atoms with Crippen molar-refractivity contribution in [3.05, 3.63) is 0 Å². The maximum absolute atomic E-state index is 10.7. The Morgan fingerprint density at radius 3 is 2.27 bits per heavy atom. The largest absolute Gasteiger partial charge is 0.481 e. The lowest BCUT2D eigenvalue weighted by Gasteiger charge is -2.28. The van der Waals surface area contributed by atoms with Gasteiger partial charge in [-0.2, -0.15) is 0 Å². The van der Waals surface area contributed by atoms with Gasteiger partial charge >= 0.3 is 5.97 Å². The van der Waals surface area contributed by atoms with Gasteiger partial charge in [0, 0.05) is 12.0 Å². The van der Waals surface area contributed by atoms with Gasteiger partial charge in [-0.05, 0) is 12.8 Å². The maximum Gasteiger partial charge on any atom is 0.303 e. The monoisotopic (exact) mass is 216 g/mol. The van der Waals surface area contributed by atoms with Crippen LogP contribution in [0, 0.1) is 5.41 Å². The Balaban J connectivity index is 4.05. The van der Waals surface area contributed by atoms with Crippen LogP contribution < -0.4 is 0 Å². The quantitative estimate of drug-likeness (QED) is 0.583. The summed E-state index contributed by atoms with van der Waals surface area (Å²) in [6.45, 7) is 4.09. The number of hydrogen-bond donors (Lipinski definition) is 2. The van der Waals surface area contributed by atoms with Gasteiger partial charge in [0.05, 0.1) is 6.42 Å². The summed E-state index contributed by atoms with van der Waals surface area (Å²) >= 11 is 0. The molecule has 0 amide bonds. The van der Waals surface area contributed by atoms with Crippen molar-refractivity contribution < 1.29 is 15.0 Å². The summed E-state index contributed by atoms with van der Waals surface area (Å²) in [7, 11) is 0. The van der Waals surface area contributed by atoms with Crippen LogP contribution in [-0.2, 0) is 4.79 Å². The van der Waals surface area contributed by atoms with E-state index in [9.17, 15) is 9.90 Å². The average Bonchev–Trinajstić information content (AvgIpc) is 2.22. The minimum Gasteiger partial charge on any atom is -0.481 e. The SMILES string of the molecule is CCCCCCC(CC)(CO)CC(=O)O. The molecule has 0 aromatic rings. The lowest BCUT2D eigenvalue weighted by atomic mass is 9.78. The first-order valence-corrected chi connectivity index (χ1v) is 5.93. The first-order valence-electron chi connectivity index (χ1n) is 5.93. The fourth-order valence-electron chi connectivity index (χ4n) is 1.88. The molecule has 1 unspecified atom stereocenters. The van der Waals surface area contributed by atoms with E-state index in [2.05, 4.69) is 6.92 Å². The zero-order chi connectivity index (χ0) is 11.7. The number of aliphatic carboxylic acids is 1. The van der Waals surface area contributed by atoms with Gasteiger partial charge in [0.2, 0.25) is 0 Å². The molecule has 0 aromatic heterocycles. The molecule has 0 aliphatic carbocycles. The van der Waals surface area contributed by atoms with Crippen molar-refractivity contribution in [3.8, 4) is 0 Å². The van der Waals surface area contributed by atoms with Crippen molar-refractivity contribution in [2.24, 2.45) is 5.41 Å². The minimum atomic E-state index is -0.804. The van der Waals surface area contributed by atoms with Gasteiger partial charge in [-0.15, -0.1) is 0 Å². The molecular formula is C12H24O3. The number of aliphatic hydroxyl groups excluding tert-OH is 1. The lowest BCUT2D eigenvalue weighted by molar-refractivity contribution is -0.140. The number of unbranched alkanes of at least 4 members (excludes halogenated alkanes) is 3. The topological polar surface area (TPSA) is 57.5 Å². The van der Waals surface area contributed by atoms with Crippen LogP contribution in [0.15, 0.2) is 0 Å². The first kappa shape index (κ1) is 14.4. The highest BCUT2D eigenvalue weighted by atomic mass is 16.4. The van der Waals surface area contributed by atoms with Gasteiger partial charge in [-0.25, -0.2) is 0 Å². The van der Waals surface area contributed by atoms with E-state index < -0.39 is 5.97 Å². The lowest BCUT2D eigenvalue weighted by Crippen LogP contribution is -2.28. The third-order valence-electron chi connectivity index (χ3n) is 3.17. The zero-order valence-electron chi connectivity index (χ0n) is 9.96. The predicted octanol–water partition coefficient (Wildman–Crippen LogP) is 2.82. The molecule has 0 aliphatic rings. The Morgan fingerprint density at radius 1 is 1.20 bits per heavy atom. The third-order valence-corrected chi connectivity index (χ3v) is 3.17. The van der Waals surface area contributed by atoms with E-state index in [-0.39, 0.29) is 18.4 Å². The molecule has 3 nitrogen and oxygen atoms in total. The molecule has 0 fully saturated rings. The zero-order valence-corrected chi connectivity index (χ0v) is 9.96. The van der Waals surface area contributed by atoms with Crippen LogP contribution >= 0.6 is 0 Å². The number of rotatable bonds is 9. The van der Waals surface area contributed by atoms with Crippen LogP contribution in [0.1, 0.15) is 58.8 Å². The van der Waals surface area contributed by atoms with Crippen molar-refractivity contribution in [3.63, 3.8) is 0 Å². The van der Waals surface area contributed by atoms with E-state index in [0.717, 1.165) is 25.7 Å². The molecule has 0 saturated carbocycles. The van der Waals surface area contributed by atoms with Gasteiger partial charge < -0.3 is 10.2 Å². The highest BCUT2D eigenvalue weighted by Gasteiger charge is 2.29. The molecular weight excluding hydrogens is 192 g/mol. The van der Waals surface area contributed by atoms with Crippen molar-refractivity contribution in [2.45, 2.75) is 58.8 Å². The van der Waals surface area contributed by atoms with Crippen molar-refractivity contribution >= 4 is 5.97 Å². The van der Waals surface area contributed by atoms with Crippen LogP contribution in [0.3, 0.4) is 0 Å². The minimum absolute atomic E-state index is 0.0120. The van der Waals surface area contributed by atoms with E-state index in [1.165, 1.54) is 12.8 Å². The molecule has 90 valence electrons. The Kier molecular flexibility index (Phi) is 7.39. The molecule has 0 aliphatic heterocycles. The molecule has 3 heteroatoms. The normalized spacial score (nSPS) is 14.9. The van der Waals surface area contributed by atoms with Gasteiger partial charge in [0.1, 0.15) is 0 Å². The molecule has 15 heavy (non-hydrogen) atoms. The molecule has 0 aromatic carbocycles. The summed E-state index contributed by atoms with van der Waals surface area (Å²) in [5.74, 6) is -0.804. The second-order valence-corrected chi connectivity index (χ2v) is 4.39. The average molecular weight is 216 g/mol. The molecule has 0 radical (unpaired) electrons. The summed E-state index contributed by atoms with van der Waals surface area (Å²) < 4.78 is 0. The summed E-state index contributed by atoms with van der Waals surface area (Å²) in [6, 6.07) is 0. The second kappa shape index (κ2) is 7.69. The molecule has 0 spiro atoms. The Hall–Kier alpha value is -0.570. The summed E-state index contributed by atoms with van der Waals surface area (Å²) in [6.07, 6.45) is 6.18. The van der Waals surface area contributed by atoms with Crippen molar-refractivity contribution in [1.82, 2.24) is 0 Å². The van der Waals surface area contributed by atoms with E-state index in [4.69, 9.17) is 5.11 Å². The summed E-state index contributed by atoms with van der Waals surface area (Å²) in [5, 5.41) is 18.1. The fraction of sp³-hybridized carbons (Fsp3) is 0.917. The number of aliphatic hydroxyl groups is 1. The highest BCUT2D eigenvalue weighted by molar-refractivity contribution is 5.67. The smallest absolute Gasteiger partial charge is 0.303 e. The van der Waals surface area contributed by atoms with Crippen LogP contribution in [-0.4, -0.2) is 22.8 Å². The first-order chi connectivity index (χ1) is 7.10. The van der Waals surface area contributed by atoms with Crippen molar-refractivity contribution in [1.29, 1.82) is 0 Å². The van der Waals surface area contributed by atoms with Gasteiger partial charge in [0.15, 0.2) is 0 Å².